The number of amides is 1. The highest BCUT2D eigenvalue weighted by molar-refractivity contribution is 9.10. The molecule has 0 unspecified atom stereocenters. The number of rotatable bonds is 2. The van der Waals surface area contributed by atoms with E-state index in [0.717, 1.165) is 23.0 Å². The molecule has 1 aliphatic carbocycles. The Balaban J connectivity index is 2.20. The summed E-state index contributed by atoms with van der Waals surface area (Å²) in [5, 5.41) is 0. The van der Waals surface area contributed by atoms with Crippen LogP contribution in [-0.4, -0.2) is 17.7 Å². The molecule has 0 saturated heterocycles. The second kappa shape index (κ2) is 5.53. The van der Waals surface area contributed by atoms with Gasteiger partial charge in [0.15, 0.2) is 0 Å². The Bertz CT molecular complexity index is 446. The van der Waals surface area contributed by atoms with Gasteiger partial charge in [-0.25, -0.2) is 4.79 Å². The highest BCUT2D eigenvalue weighted by Crippen LogP contribution is 2.31. The van der Waals surface area contributed by atoms with Gasteiger partial charge in [-0.2, -0.15) is 0 Å². The van der Waals surface area contributed by atoms with Crippen LogP contribution >= 0.6 is 15.9 Å². The lowest BCUT2D eigenvalue weighted by molar-refractivity contribution is 0.0549. The first kappa shape index (κ1) is 14.4. The van der Waals surface area contributed by atoms with Crippen LogP contribution in [0.2, 0.25) is 0 Å². The summed E-state index contributed by atoms with van der Waals surface area (Å²) in [4.78, 5) is 14.2. The average Bonchev–Trinajstić information content (AvgIpc) is 2.22. The van der Waals surface area contributed by atoms with Gasteiger partial charge < -0.3 is 4.74 Å². The van der Waals surface area contributed by atoms with Crippen molar-refractivity contribution in [2.24, 2.45) is 0 Å². The lowest BCUT2D eigenvalue weighted by Gasteiger charge is -2.38. The lowest BCUT2D eigenvalue weighted by Crippen LogP contribution is -2.46. The van der Waals surface area contributed by atoms with Crippen LogP contribution < -0.4 is 4.90 Å². The van der Waals surface area contributed by atoms with Crippen molar-refractivity contribution in [3.05, 3.63) is 28.7 Å². The smallest absolute Gasteiger partial charge is 0.415 e. The largest absolute Gasteiger partial charge is 0.443 e. The number of hydrogen-bond donors (Lipinski definition) is 0. The van der Waals surface area contributed by atoms with Gasteiger partial charge in [0.05, 0.1) is 0 Å². The number of carbonyl (C=O) groups is 1. The van der Waals surface area contributed by atoms with Gasteiger partial charge in [0.2, 0.25) is 0 Å². The van der Waals surface area contributed by atoms with Crippen molar-refractivity contribution < 1.29 is 9.53 Å². The van der Waals surface area contributed by atoms with Crippen LogP contribution in [0.1, 0.15) is 40.0 Å². The van der Waals surface area contributed by atoms with Gasteiger partial charge >= 0.3 is 6.09 Å². The number of benzene rings is 1. The van der Waals surface area contributed by atoms with Crippen LogP contribution in [0.3, 0.4) is 0 Å². The van der Waals surface area contributed by atoms with Crippen LogP contribution in [0, 0.1) is 0 Å². The van der Waals surface area contributed by atoms with Crippen molar-refractivity contribution in [2.75, 3.05) is 4.90 Å². The molecule has 0 spiro atoms. The molecule has 0 aromatic heterocycles. The van der Waals surface area contributed by atoms with Gasteiger partial charge in [0.1, 0.15) is 5.60 Å². The molecule has 0 aliphatic heterocycles. The van der Waals surface area contributed by atoms with Gasteiger partial charge in [0.25, 0.3) is 0 Å². The predicted octanol–water partition coefficient (Wildman–Crippen LogP) is 4.74. The Labute approximate surface area is 123 Å². The molecular weight excluding hydrogens is 306 g/mol. The van der Waals surface area contributed by atoms with E-state index in [1.807, 2.05) is 45.0 Å². The van der Waals surface area contributed by atoms with Gasteiger partial charge in [-0.1, -0.05) is 15.9 Å². The highest BCUT2D eigenvalue weighted by atomic mass is 79.9. The van der Waals surface area contributed by atoms with Gasteiger partial charge in [-0.15, -0.1) is 0 Å². The second-order valence-corrected chi connectivity index (χ2v) is 6.83. The zero-order valence-corrected chi connectivity index (χ0v) is 13.2. The Morgan fingerprint density at radius 3 is 2.26 bits per heavy atom. The van der Waals surface area contributed by atoms with Gasteiger partial charge in [-0.3, -0.25) is 4.90 Å². The molecule has 0 bridgehead atoms. The number of anilines is 1. The van der Waals surface area contributed by atoms with Crippen LogP contribution in [0.25, 0.3) is 0 Å². The van der Waals surface area contributed by atoms with E-state index in [9.17, 15) is 4.79 Å². The van der Waals surface area contributed by atoms with Crippen molar-refractivity contribution in [1.82, 2.24) is 0 Å². The van der Waals surface area contributed by atoms with Crippen LogP contribution in [0.5, 0.6) is 0 Å². The normalized spacial score (nSPS) is 15.8. The van der Waals surface area contributed by atoms with Crippen molar-refractivity contribution >= 4 is 27.7 Å². The lowest BCUT2D eigenvalue weighted by atomic mass is 9.91. The number of hydrogen-bond acceptors (Lipinski definition) is 2. The third-order valence-electron chi connectivity index (χ3n) is 3.13. The fraction of sp³-hybridized carbons (Fsp3) is 0.533. The number of nitrogens with zero attached hydrogens (tertiary/aromatic N) is 1. The third kappa shape index (κ3) is 3.72. The fourth-order valence-corrected chi connectivity index (χ4v) is 2.29. The average molecular weight is 326 g/mol. The first-order valence-corrected chi connectivity index (χ1v) is 7.44. The maximum absolute atomic E-state index is 12.4. The van der Waals surface area contributed by atoms with Crippen molar-refractivity contribution in [2.45, 2.75) is 51.7 Å². The summed E-state index contributed by atoms with van der Waals surface area (Å²) in [6.45, 7) is 5.68. The topological polar surface area (TPSA) is 29.5 Å². The molecule has 1 fully saturated rings. The van der Waals surface area contributed by atoms with E-state index in [2.05, 4.69) is 15.9 Å². The van der Waals surface area contributed by atoms with E-state index in [1.54, 1.807) is 4.90 Å². The van der Waals surface area contributed by atoms with E-state index >= 15 is 0 Å². The first-order valence-electron chi connectivity index (χ1n) is 6.64. The summed E-state index contributed by atoms with van der Waals surface area (Å²) < 4.78 is 6.52. The van der Waals surface area contributed by atoms with E-state index < -0.39 is 5.60 Å². The molecule has 0 radical (unpaired) electrons. The summed E-state index contributed by atoms with van der Waals surface area (Å²) in [7, 11) is 0. The molecule has 1 saturated carbocycles. The first-order chi connectivity index (χ1) is 8.87. The second-order valence-electron chi connectivity index (χ2n) is 5.91. The van der Waals surface area contributed by atoms with Gasteiger partial charge in [-0.05, 0) is 64.3 Å². The number of halogens is 1. The molecule has 4 heteroatoms. The molecule has 0 N–H and O–H groups in total. The molecule has 104 valence electrons. The molecule has 1 aromatic rings. The third-order valence-corrected chi connectivity index (χ3v) is 3.66. The van der Waals surface area contributed by atoms with Crippen molar-refractivity contribution in [3.8, 4) is 0 Å². The van der Waals surface area contributed by atoms with Crippen LogP contribution in [0.15, 0.2) is 28.7 Å². The monoisotopic (exact) mass is 325 g/mol. The summed E-state index contributed by atoms with van der Waals surface area (Å²) in [5.74, 6) is 0. The summed E-state index contributed by atoms with van der Waals surface area (Å²) >= 11 is 3.41. The molecule has 0 heterocycles. The van der Waals surface area contributed by atoms with Crippen LogP contribution in [0.4, 0.5) is 10.5 Å². The zero-order chi connectivity index (χ0) is 14.0. The summed E-state index contributed by atoms with van der Waals surface area (Å²) in [6.07, 6.45) is 3.03. The van der Waals surface area contributed by atoms with Crippen LogP contribution in [-0.2, 0) is 4.74 Å². The Morgan fingerprint density at radius 2 is 1.84 bits per heavy atom. The van der Waals surface area contributed by atoms with E-state index in [1.165, 1.54) is 6.42 Å². The molecule has 3 nitrogen and oxygen atoms in total. The van der Waals surface area contributed by atoms with Crippen molar-refractivity contribution in [1.29, 1.82) is 0 Å². The van der Waals surface area contributed by atoms with E-state index in [4.69, 9.17) is 4.74 Å². The minimum Gasteiger partial charge on any atom is -0.443 e. The number of carbonyl (C=O) groups excluding carboxylic acids is 1. The molecule has 1 aliphatic rings. The fourth-order valence-electron chi connectivity index (χ4n) is 2.02. The van der Waals surface area contributed by atoms with Crippen molar-refractivity contribution in [3.63, 3.8) is 0 Å². The maximum Gasteiger partial charge on any atom is 0.415 e. The summed E-state index contributed by atoms with van der Waals surface area (Å²) in [5.41, 5.74) is 0.441. The molecule has 0 atom stereocenters. The molecule has 1 amide bonds. The predicted molar refractivity (Wildman–Crippen MR) is 80.5 cm³/mol. The zero-order valence-electron chi connectivity index (χ0n) is 11.6. The van der Waals surface area contributed by atoms with E-state index in [0.29, 0.717) is 0 Å². The summed E-state index contributed by atoms with van der Waals surface area (Å²) in [6, 6.07) is 8.08. The quantitative estimate of drug-likeness (QED) is 0.785. The number of ether oxygens (including phenoxy) is 1. The molecular formula is C15H20BrNO2. The van der Waals surface area contributed by atoms with E-state index in [-0.39, 0.29) is 12.1 Å². The molecule has 1 aromatic carbocycles. The SMILES string of the molecule is CC(C)(C)OC(=O)N(c1ccc(Br)cc1)C1CCC1. The Hall–Kier alpha value is -1.03. The minimum absolute atomic E-state index is 0.250. The Kier molecular flexibility index (Phi) is 4.19. The maximum atomic E-state index is 12.4. The molecule has 2 rings (SSSR count). The molecule has 19 heavy (non-hydrogen) atoms. The standard InChI is InChI=1S/C15H20BrNO2/c1-15(2,3)19-14(18)17(12-5-4-6-12)13-9-7-11(16)8-10-13/h7-10,12H,4-6H2,1-3H3. The van der Waals surface area contributed by atoms with Gasteiger partial charge in [0, 0.05) is 16.2 Å². The Morgan fingerprint density at radius 1 is 1.26 bits per heavy atom. The highest BCUT2D eigenvalue weighted by Gasteiger charge is 2.33. The minimum atomic E-state index is -0.464.